The molecule has 1 aliphatic heterocycles. The normalized spacial score (nSPS) is 18.3. The standard InChI is InChI=1S/C15H17ClN2O6S3/c1-8(13(19)18-7-25-6-11(18)14(20)21)5-26-15(22)9-2-3-10(16)12(4-9)27(17,23)24/h2-4,8,11H,5-7H2,1H3,(H,20,21)(H2,17,23,24)/t8-,11+/m1/s1. The highest BCUT2D eigenvalue weighted by atomic mass is 35.5. The summed E-state index contributed by atoms with van der Waals surface area (Å²) in [6.07, 6.45) is 0. The number of primary sulfonamides is 1. The third-order valence-corrected chi connectivity index (χ3v) is 7.38. The molecule has 1 aromatic carbocycles. The number of nitrogens with zero attached hydrogens (tertiary/aromatic N) is 1. The maximum atomic E-state index is 12.5. The molecule has 2 rings (SSSR count). The highest BCUT2D eigenvalue weighted by Crippen LogP contribution is 2.27. The Morgan fingerprint density at radius 2 is 2.11 bits per heavy atom. The summed E-state index contributed by atoms with van der Waals surface area (Å²) in [6, 6.07) is 2.87. The summed E-state index contributed by atoms with van der Waals surface area (Å²) in [6.45, 7) is 1.61. The lowest BCUT2D eigenvalue weighted by Crippen LogP contribution is -2.44. The first-order valence-corrected chi connectivity index (χ1v) is 11.7. The lowest BCUT2D eigenvalue weighted by Gasteiger charge is -2.23. The van der Waals surface area contributed by atoms with Crippen LogP contribution in [0.5, 0.6) is 0 Å². The van der Waals surface area contributed by atoms with Gasteiger partial charge in [-0.3, -0.25) is 9.59 Å². The van der Waals surface area contributed by atoms with Crippen molar-refractivity contribution in [1.29, 1.82) is 0 Å². The van der Waals surface area contributed by atoms with Crippen LogP contribution in [0.25, 0.3) is 0 Å². The molecule has 148 valence electrons. The molecule has 1 fully saturated rings. The molecular weight excluding hydrogens is 436 g/mol. The van der Waals surface area contributed by atoms with Gasteiger partial charge in [-0.1, -0.05) is 30.3 Å². The van der Waals surface area contributed by atoms with Crippen molar-refractivity contribution in [3.8, 4) is 0 Å². The number of carboxylic acids is 1. The minimum Gasteiger partial charge on any atom is -0.480 e. The Kier molecular flexibility index (Phi) is 7.20. The van der Waals surface area contributed by atoms with Crippen LogP contribution < -0.4 is 5.14 Å². The molecule has 0 bridgehead atoms. The van der Waals surface area contributed by atoms with E-state index in [-0.39, 0.29) is 27.1 Å². The monoisotopic (exact) mass is 452 g/mol. The number of benzene rings is 1. The fraction of sp³-hybridized carbons (Fsp3) is 0.400. The topological polar surface area (TPSA) is 135 Å². The second-order valence-electron chi connectivity index (χ2n) is 5.85. The van der Waals surface area contributed by atoms with E-state index in [0.29, 0.717) is 11.6 Å². The Balaban J connectivity index is 2.03. The van der Waals surface area contributed by atoms with Crippen LogP contribution in [-0.4, -0.2) is 58.8 Å². The second-order valence-corrected chi connectivity index (χ2v) is 9.78. The van der Waals surface area contributed by atoms with Gasteiger partial charge in [0.2, 0.25) is 21.0 Å². The Labute approximate surface area is 169 Å². The van der Waals surface area contributed by atoms with Gasteiger partial charge in [0, 0.05) is 23.0 Å². The van der Waals surface area contributed by atoms with Crippen molar-refractivity contribution in [2.45, 2.75) is 17.9 Å². The fourth-order valence-corrected chi connectivity index (χ4v) is 5.42. The summed E-state index contributed by atoms with van der Waals surface area (Å²) in [5.74, 6) is -1.22. The zero-order valence-electron chi connectivity index (χ0n) is 14.1. The Hall–Kier alpha value is -1.27. The van der Waals surface area contributed by atoms with Crippen molar-refractivity contribution in [1.82, 2.24) is 4.90 Å². The molecule has 2 atom stereocenters. The molecule has 12 heteroatoms. The summed E-state index contributed by atoms with van der Waals surface area (Å²) < 4.78 is 23.0. The summed E-state index contributed by atoms with van der Waals surface area (Å²) in [7, 11) is -4.07. The van der Waals surface area contributed by atoms with E-state index >= 15 is 0 Å². The van der Waals surface area contributed by atoms with Crippen LogP contribution in [-0.2, 0) is 19.6 Å². The number of carboxylic acid groups (broad SMARTS) is 1. The Morgan fingerprint density at radius 3 is 2.70 bits per heavy atom. The highest BCUT2D eigenvalue weighted by molar-refractivity contribution is 8.14. The summed E-state index contributed by atoms with van der Waals surface area (Å²) in [5.41, 5.74) is 0.0909. The molecule has 1 saturated heterocycles. The molecule has 0 unspecified atom stereocenters. The molecule has 1 aliphatic rings. The van der Waals surface area contributed by atoms with Crippen LogP contribution in [0.4, 0.5) is 0 Å². The van der Waals surface area contributed by atoms with Crippen molar-refractivity contribution >= 4 is 62.1 Å². The van der Waals surface area contributed by atoms with Gasteiger partial charge in [-0.25, -0.2) is 18.4 Å². The lowest BCUT2D eigenvalue weighted by atomic mass is 10.1. The molecule has 1 amide bonds. The van der Waals surface area contributed by atoms with E-state index in [2.05, 4.69) is 0 Å². The predicted octanol–water partition coefficient (Wildman–Crippen LogP) is 1.48. The van der Waals surface area contributed by atoms with E-state index in [1.54, 1.807) is 6.92 Å². The maximum Gasteiger partial charge on any atom is 0.327 e. The minimum atomic E-state index is -4.07. The van der Waals surface area contributed by atoms with Gasteiger partial charge in [-0.05, 0) is 18.2 Å². The van der Waals surface area contributed by atoms with Crippen LogP contribution in [0.1, 0.15) is 17.3 Å². The Bertz CT molecular complexity index is 876. The van der Waals surface area contributed by atoms with Gasteiger partial charge in [0.1, 0.15) is 10.9 Å². The number of hydrogen-bond donors (Lipinski definition) is 2. The number of thioether (sulfide) groups is 2. The van der Waals surface area contributed by atoms with Crippen LogP contribution in [0.3, 0.4) is 0 Å². The molecule has 0 radical (unpaired) electrons. The van der Waals surface area contributed by atoms with Gasteiger partial charge in [0.05, 0.1) is 10.9 Å². The van der Waals surface area contributed by atoms with Gasteiger partial charge < -0.3 is 10.0 Å². The molecule has 3 N–H and O–H groups in total. The van der Waals surface area contributed by atoms with Crippen LogP contribution in [0.15, 0.2) is 23.1 Å². The molecule has 8 nitrogen and oxygen atoms in total. The van der Waals surface area contributed by atoms with Gasteiger partial charge in [-0.15, -0.1) is 11.8 Å². The zero-order valence-corrected chi connectivity index (χ0v) is 17.3. The van der Waals surface area contributed by atoms with Crippen molar-refractivity contribution in [2.24, 2.45) is 11.1 Å². The molecule has 1 heterocycles. The number of nitrogens with two attached hydrogens (primary N) is 1. The predicted molar refractivity (Wildman–Crippen MR) is 104 cm³/mol. The molecule has 1 aromatic rings. The number of halogens is 1. The average Bonchev–Trinajstić information content (AvgIpc) is 3.08. The highest BCUT2D eigenvalue weighted by Gasteiger charge is 2.36. The third-order valence-electron chi connectivity index (χ3n) is 3.81. The maximum absolute atomic E-state index is 12.5. The van der Waals surface area contributed by atoms with Crippen molar-refractivity contribution in [2.75, 3.05) is 17.4 Å². The largest absolute Gasteiger partial charge is 0.480 e. The van der Waals surface area contributed by atoms with Crippen LogP contribution >= 0.6 is 35.1 Å². The molecular formula is C15H17ClN2O6S3. The Morgan fingerprint density at radius 1 is 1.44 bits per heavy atom. The number of carbonyl (C=O) groups excluding carboxylic acids is 2. The fourth-order valence-electron chi connectivity index (χ4n) is 2.35. The second kappa shape index (κ2) is 8.82. The zero-order chi connectivity index (χ0) is 20.4. The number of sulfonamides is 1. The van der Waals surface area contributed by atoms with E-state index in [1.165, 1.54) is 28.8 Å². The first kappa shape index (κ1) is 22.0. The summed E-state index contributed by atoms with van der Waals surface area (Å²) in [4.78, 5) is 36.9. The van der Waals surface area contributed by atoms with Crippen molar-refractivity contribution in [3.63, 3.8) is 0 Å². The lowest BCUT2D eigenvalue weighted by molar-refractivity contribution is -0.148. The molecule has 27 heavy (non-hydrogen) atoms. The first-order valence-electron chi connectivity index (χ1n) is 7.63. The van der Waals surface area contributed by atoms with Crippen molar-refractivity contribution < 1.29 is 27.9 Å². The van der Waals surface area contributed by atoms with Gasteiger partial charge in [-0.2, -0.15) is 0 Å². The average molecular weight is 453 g/mol. The molecule has 0 aromatic heterocycles. The molecule has 0 aliphatic carbocycles. The number of amides is 1. The quantitative estimate of drug-likeness (QED) is 0.662. The summed E-state index contributed by atoms with van der Waals surface area (Å²) in [5, 5.41) is 13.7. The smallest absolute Gasteiger partial charge is 0.327 e. The number of rotatable bonds is 6. The minimum absolute atomic E-state index is 0.0890. The van der Waals surface area contributed by atoms with E-state index < -0.39 is 33.1 Å². The molecule has 0 saturated carbocycles. The number of aliphatic carboxylic acids is 1. The van der Waals surface area contributed by atoms with E-state index in [4.69, 9.17) is 21.8 Å². The van der Waals surface area contributed by atoms with Crippen LogP contribution in [0, 0.1) is 5.92 Å². The van der Waals surface area contributed by atoms with Gasteiger partial charge >= 0.3 is 5.97 Å². The van der Waals surface area contributed by atoms with Gasteiger partial charge in [0.25, 0.3) is 0 Å². The van der Waals surface area contributed by atoms with Crippen LogP contribution in [0.2, 0.25) is 5.02 Å². The van der Waals surface area contributed by atoms with E-state index in [9.17, 15) is 22.8 Å². The van der Waals surface area contributed by atoms with E-state index in [0.717, 1.165) is 17.8 Å². The van der Waals surface area contributed by atoms with E-state index in [1.807, 2.05) is 0 Å². The molecule has 0 spiro atoms. The van der Waals surface area contributed by atoms with Crippen molar-refractivity contribution in [3.05, 3.63) is 28.8 Å². The SMILES string of the molecule is C[C@H](CSC(=O)c1ccc(Cl)c(S(N)(=O)=O)c1)C(=O)N1CSC[C@H]1C(=O)O. The first-order chi connectivity index (χ1) is 12.5. The summed E-state index contributed by atoms with van der Waals surface area (Å²) >= 11 is 7.99. The third kappa shape index (κ3) is 5.38. The number of hydrogen-bond acceptors (Lipinski definition) is 7. The number of carbonyl (C=O) groups is 3. The van der Waals surface area contributed by atoms with Gasteiger partial charge in [0.15, 0.2) is 0 Å².